The van der Waals surface area contributed by atoms with Crippen LogP contribution in [-0.2, 0) is 9.59 Å². The van der Waals surface area contributed by atoms with Gasteiger partial charge in [0.1, 0.15) is 5.69 Å². The summed E-state index contributed by atoms with van der Waals surface area (Å²) in [5.41, 5.74) is 1.92. The average Bonchev–Trinajstić information content (AvgIpc) is 2.85. The highest BCUT2D eigenvalue weighted by atomic mass is 32.1. The molecule has 0 atom stereocenters. The molecule has 1 saturated heterocycles. The Hall–Kier alpha value is -2.54. The molecule has 2 aromatic rings. The second-order valence-electron chi connectivity index (χ2n) is 5.79. The number of carbonyl (C=O) groups excluding carboxylic acids is 3. The number of anilines is 1. The smallest absolute Gasteiger partial charge is 0.275 e. The number of piperidine rings is 1. The van der Waals surface area contributed by atoms with Gasteiger partial charge in [-0.15, -0.1) is 11.3 Å². The van der Waals surface area contributed by atoms with Crippen molar-refractivity contribution in [2.75, 3.05) is 5.32 Å². The predicted molar refractivity (Wildman–Crippen MR) is 91.1 cm³/mol. The van der Waals surface area contributed by atoms with E-state index in [0.717, 1.165) is 15.4 Å². The summed E-state index contributed by atoms with van der Waals surface area (Å²) in [5.74, 6) is -0.948. The Labute approximate surface area is 143 Å². The minimum absolute atomic E-state index is 0.161. The van der Waals surface area contributed by atoms with Crippen molar-refractivity contribution in [3.63, 3.8) is 0 Å². The van der Waals surface area contributed by atoms with E-state index in [9.17, 15) is 14.4 Å². The Morgan fingerprint density at radius 3 is 2.58 bits per heavy atom. The predicted octanol–water partition coefficient (Wildman–Crippen LogP) is 2.53. The minimum atomic E-state index is -0.265. The fourth-order valence-corrected chi connectivity index (χ4v) is 3.63. The number of carbonyl (C=O) groups is 3. The molecule has 0 spiro atoms. The van der Waals surface area contributed by atoms with Gasteiger partial charge in [0.2, 0.25) is 11.8 Å². The zero-order chi connectivity index (χ0) is 17.3. The van der Waals surface area contributed by atoms with Gasteiger partial charge in [-0.25, -0.2) is 4.98 Å². The van der Waals surface area contributed by atoms with E-state index in [1.165, 1.54) is 11.3 Å². The van der Waals surface area contributed by atoms with Crippen molar-refractivity contribution < 1.29 is 14.4 Å². The second kappa shape index (κ2) is 6.52. The quantitative estimate of drug-likeness (QED) is 0.838. The van der Waals surface area contributed by atoms with Crippen LogP contribution in [0.15, 0.2) is 24.3 Å². The lowest BCUT2D eigenvalue weighted by atomic mass is 9.89. The van der Waals surface area contributed by atoms with Crippen molar-refractivity contribution in [2.45, 2.75) is 32.6 Å². The van der Waals surface area contributed by atoms with Crippen LogP contribution in [-0.4, -0.2) is 22.7 Å². The molecule has 2 N–H and O–H groups in total. The number of thiazole rings is 1. The van der Waals surface area contributed by atoms with Gasteiger partial charge in [0.25, 0.3) is 5.91 Å². The van der Waals surface area contributed by atoms with Crippen LogP contribution in [0.3, 0.4) is 0 Å². The van der Waals surface area contributed by atoms with E-state index >= 15 is 0 Å². The third kappa shape index (κ3) is 3.51. The molecule has 1 aromatic heterocycles. The van der Waals surface area contributed by atoms with Gasteiger partial charge in [0.05, 0.1) is 5.01 Å². The molecule has 1 aromatic carbocycles. The molecule has 7 heteroatoms. The summed E-state index contributed by atoms with van der Waals surface area (Å²) < 4.78 is 0. The van der Waals surface area contributed by atoms with Crippen LogP contribution >= 0.6 is 11.3 Å². The molecule has 0 unspecified atom stereocenters. The number of imide groups is 1. The molecule has 0 aliphatic carbocycles. The summed E-state index contributed by atoms with van der Waals surface area (Å²) in [6.45, 7) is 3.72. The maximum atomic E-state index is 12.4. The van der Waals surface area contributed by atoms with Crippen molar-refractivity contribution in [1.29, 1.82) is 0 Å². The first-order valence-corrected chi connectivity index (χ1v) is 8.42. The fourth-order valence-electron chi connectivity index (χ4n) is 2.81. The van der Waals surface area contributed by atoms with Gasteiger partial charge in [-0.05, 0) is 31.5 Å². The average molecular weight is 343 g/mol. The van der Waals surface area contributed by atoms with Gasteiger partial charge < -0.3 is 5.32 Å². The molecule has 0 saturated carbocycles. The van der Waals surface area contributed by atoms with Crippen molar-refractivity contribution in [2.24, 2.45) is 0 Å². The maximum Gasteiger partial charge on any atom is 0.275 e. The Morgan fingerprint density at radius 1 is 1.25 bits per heavy atom. The third-order valence-electron chi connectivity index (χ3n) is 3.88. The van der Waals surface area contributed by atoms with Crippen molar-refractivity contribution in [3.8, 4) is 0 Å². The van der Waals surface area contributed by atoms with Crippen molar-refractivity contribution in [1.82, 2.24) is 10.3 Å². The van der Waals surface area contributed by atoms with Crippen LogP contribution in [0, 0.1) is 13.8 Å². The Morgan fingerprint density at radius 2 is 1.96 bits per heavy atom. The summed E-state index contributed by atoms with van der Waals surface area (Å²) in [4.78, 5) is 40.5. The summed E-state index contributed by atoms with van der Waals surface area (Å²) >= 11 is 1.48. The summed E-state index contributed by atoms with van der Waals surface area (Å²) in [6.07, 6.45) is 0.543. The molecule has 1 fully saturated rings. The van der Waals surface area contributed by atoms with Gasteiger partial charge in [-0.3, -0.25) is 19.7 Å². The Kier molecular flexibility index (Phi) is 4.44. The maximum absolute atomic E-state index is 12.4. The number of benzene rings is 1. The summed E-state index contributed by atoms with van der Waals surface area (Å²) in [7, 11) is 0. The molecule has 124 valence electrons. The van der Waals surface area contributed by atoms with E-state index in [2.05, 4.69) is 15.6 Å². The number of rotatable bonds is 3. The SMILES string of the molecule is Cc1nc(C(=O)Nc2cccc(C3CC(=O)NC(=O)C3)c2)c(C)s1. The number of nitrogens with one attached hydrogen (secondary N) is 2. The molecule has 0 radical (unpaired) electrons. The van der Waals surface area contributed by atoms with Crippen LogP contribution < -0.4 is 10.6 Å². The van der Waals surface area contributed by atoms with Crippen LogP contribution in [0.4, 0.5) is 5.69 Å². The number of amides is 3. The first-order valence-electron chi connectivity index (χ1n) is 7.60. The lowest BCUT2D eigenvalue weighted by Gasteiger charge is -2.21. The van der Waals surface area contributed by atoms with E-state index in [-0.39, 0.29) is 36.5 Å². The third-order valence-corrected chi connectivity index (χ3v) is 4.76. The van der Waals surface area contributed by atoms with E-state index in [1.54, 1.807) is 12.1 Å². The number of hydrogen-bond donors (Lipinski definition) is 2. The number of nitrogens with zero attached hydrogens (tertiary/aromatic N) is 1. The molecular weight excluding hydrogens is 326 g/mol. The Bertz CT molecular complexity index is 812. The number of aromatic nitrogens is 1. The van der Waals surface area contributed by atoms with Gasteiger partial charge >= 0.3 is 0 Å². The van der Waals surface area contributed by atoms with Gasteiger partial charge in [-0.1, -0.05) is 12.1 Å². The van der Waals surface area contributed by atoms with Crippen LogP contribution in [0.2, 0.25) is 0 Å². The number of aryl methyl sites for hydroxylation is 2. The number of hydrogen-bond acceptors (Lipinski definition) is 5. The molecule has 6 nitrogen and oxygen atoms in total. The van der Waals surface area contributed by atoms with Gasteiger partial charge in [0.15, 0.2) is 0 Å². The molecule has 0 bridgehead atoms. The molecule has 1 aliphatic rings. The zero-order valence-corrected chi connectivity index (χ0v) is 14.2. The van der Waals surface area contributed by atoms with Crippen molar-refractivity contribution >= 4 is 34.7 Å². The van der Waals surface area contributed by atoms with Crippen molar-refractivity contribution in [3.05, 3.63) is 45.4 Å². The minimum Gasteiger partial charge on any atom is -0.321 e. The normalized spacial score (nSPS) is 15.2. The van der Waals surface area contributed by atoms with E-state index in [1.807, 2.05) is 26.0 Å². The molecule has 1 aliphatic heterocycles. The lowest BCUT2D eigenvalue weighted by molar-refractivity contribution is -0.133. The largest absolute Gasteiger partial charge is 0.321 e. The molecule has 3 rings (SSSR count). The fraction of sp³-hybridized carbons (Fsp3) is 0.294. The summed E-state index contributed by atoms with van der Waals surface area (Å²) in [6, 6.07) is 7.26. The zero-order valence-electron chi connectivity index (χ0n) is 13.4. The first-order chi connectivity index (χ1) is 11.4. The molecule has 24 heavy (non-hydrogen) atoms. The molecule has 3 amide bonds. The summed E-state index contributed by atoms with van der Waals surface area (Å²) in [5, 5.41) is 5.98. The van der Waals surface area contributed by atoms with Crippen LogP contribution in [0.25, 0.3) is 0 Å². The highest BCUT2D eigenvalue weighted by molar-refractivity contribution is 7.11. The van der Waals surface area contributed by atoms with E-state index in [0.29, 0.717) is 11.4 Å². The highest BCUT2D eigenvalue weighted by Crippen LogP contribution is 2.28. The van der Waals surface area contributed by atoms with Crippen LogP contribution in [0.5, 0.6) is 0 Å². The molecular formula is C17H17N3O3S. The van der Waals surface area contributed by atoms with E-state index < -0.39 is 0 Å². The monoisotopic (exact) mass is 343 g/mol. The topological polar surface area (TPSA) is 88.2 Å². The van der Waals surface area contributed by atoms with E-state index in [4.69, 9.17) is 0 Å². The first kappa shape index (κ1) is 16.3. The highest BCUT2D eigenvalue weighted by Gasteiger charge is 2.26. The van der Waals surface area contributed by atoms with Gasteiger partial charge in [-0.2, -0.15) is 0 Å². The standard InChI is InChI=1S/C17H17N3O3S/c1-9-16(18-10(2)24-9)17(23)19-13-5-3-4-11(6-13)12-7-14(21)20-15(22)8-12/h3-6,12H,7-8H2,1-2H3,(H,19,23)(H,20,21,22). The lowest BCUT2D eigenvalue weighted by Crippen LogP contribution is -2.37. The van der Waals surface area contributed by atoms with Gasteiger partial charge in [0, 0.05) is 29.3 Å². The Balaban J connectivity index is 1.78. The van der Waals surface area contributed by atoms with Crippen LogP contribution in [0.1, 0.15) is 44.7 Å². The second-order valence-corrected chi connectivity index (χ2v) is 7.20. The molecule has 2 heterocycles.